The van der Waals surface area contributed by atoms with Gasteiger partial charge in [-0.15, -0.1) is 0 Å². The zero-order valence-electron chi connectivity index (χ0n) is 37.8. The summed E-state index contributed by atoms with van der Waals surface area (Å²) in [6, 6.07) is 22.9. The van der Waals surface area contributed by atoms with E-state index in [0.29, 0.717) is 43.2 Å². The number of hydrogen-bond donors (Lipinski definition) is 2. The highest BCUT2D eigenvalue weighted by atomic mass is 79.9. The predicted octanol–water partition coefficient (Wildman–Crippen LogP) is 9.98. The number of rotatable bonds is 8. The largest absolute Gasteiger partial charge is 1.00 e. The van der Waals surface area contributed by atoms with Crippen molar-refractivity contribution in [3.05, 3.63) is 139 Å². The third-order valence-electron chi connectivity index (χ3n) is 10.6. The molecule has 0 aliphatic carbocycles. The lowest BCUT2D eigenvalue weighted by Crippen LogP contribution is -2.39. The predicted molar refractivity (Wildman–Crippen MR) is 270 cm³/mol. The molecule has 3 aliphatic rings. The molecule has 12 nitrogen and oxygen atoms in total. The number of amides is 2. The molecule has 2 N–H and O–H groups in total. The standard InChI is InChI=1S/2C21H16BrFN3O2S.C5H11NO/c2*1-11-18(20(27)26-16-5-3-4-6-17(16)28-2)19(14(10-24)21(29)25-11)13-8-7-12(22)9-15(13)23;1-6-2-4-7-5-3-6/h2*3-9,18-19H,1-2H3,(H,26,27);2-5H2,1H3/q2*-1;/p+2. The minimum Gasteiger partial charge on any atom is -0.763 e. The van der Waals surface area contributed by atoms with Crippen molar-refractivity contribution in [3.63, 3.8) is 0 Å². The summed E-state index contributed by atoms with van der Waals surface area (Å²) >= 11 is 16.9. The molecule has 2 amide bonds. The molecular weight excluding hydrogens is 1000 g/mol. The number of likely N-dealkylation sites (N-methyl/N-ethyl adjacent to an activating group) is 1. The summed E-state index contributed by atoms with van der Waals surface area (Å²) in [7, 11) is 5.11. The number of anilines is 2. The van der Waals surface area contributed by atoms with E-state index in [1.54, 1.807) is 86.6 Å². The Hall–Kier alpha value is -5.42. The Morgan fingerprint density at radius 1 is 0.738 bits per heavy atom. The second-order valence-corrected chi connectivity index (χ2v) is 17.3. The monoisotopic (exact) mass is 1050 g/mol. The van der Waals surface area contributed by atoms with E-state index in [1.165, 1.54) is 26.4 Å². The number of hydrogen-bond acceptors (Lipinski definition) is 8. The first-order valence-corrected chi connectivity index (χ1v) is 22.3. The van der Waals surface area contributed by atoms with Gasteiger partial charge in [0, 0.05) is 56.4 Å². The van der Waals surface area contributed by atoms with Gasteiger partial charge in [0.25, 0.3) is 0 Å². The molecular formula is C47H45Br2F2N7O5S2. The molecule has 7 rings (SSSR count). The van der Waals surface area contributed by atoms with Crippen LogP contribution in [-0.2, 0) is 14.3 Å². The second kappa shape index (κ2) is 23.7. The van der Waals surface area contributed by atoms with Crippen molar-refractivity contribution in [3.8, 4) is 11.5 Å². The van der Waals surface area contributed by atoms with Crippen molar-refractivity contribution in [2.75, 3.05) is 58.2 Å². The SMILES string of the molecule is CN1CCOCC1.COc1ccccc1NC(=O)C1C(C)=NC(=S)C(=C=[N-])C1c1ccc(Br)cc1F.COc1ccccc1NC(=O)C1C(C)=NC(=S)C(=C=[N-])C1c1ccc(Br)cc1F.[H+].[H+]. The normalized spacial score (nSPS) is 19.4. The summed E-state index contributed by atoms with van der Waals surface area (Å²) in [4.78, 5) is 37.3. The molecule has 0 saturated carbocycles. The first-order chi connectivity index (χ1) is 31.1. The summed E-state index contributed by atoms with van der Waals surface area (Å²) in [6.45, 7) is 7.32. The summed E-state index contributed by atoms with van der Waals surface area (Å²) in [5.41, 5.74) is 2.36. The number of morpholine rings is 1. The molecule has 1 fully saturated rings. The van der Waals surface area contributed by atoms with Crippen molar-refractivity contribution in [1.29, 1.82) is 0 Å². The Labute approximate surface area is 406 Å². The van der Waals surface area contributed by atoms with E-state index in [9.17, 15) is 29.2 Å². The van der Waals surface area contributed by atoms with Crippen molar-refractivity contribution < 1.29 is 35.4 Å². The number of halogens is 4. The lowest BCUT2D eigenvalue weighted by atomic mass is 9.76. The lowest BCUT2D eigenvalue weighted by molar-refractivity contribution is -0.119. The molecule has 1 saturated heterocycles. The summed E-state index contributed by atoms with van der Waals surface area (Å²) in [6.07, 6.45) is 0. The number of carbonyl (C=O) groups is 2. The van der Waals surface area contributed by atoms with Crippen LogP contribution in [0.5, 0.6) is 11.5 Å². The third-order valence-corrected chi connectivity index (χ3v) is 12.2. The van der Waals surface area contributed by atoms with Crippen molar-refractivity contribution >= 4 is 113 Å². The van der Waals surface area contributed by atoms with E-state index in [2.05, 4.69) is 64.4 Å². The number of ether oxygens (including phenoxy) is 3. The smallest absolute Gasteiger partial charge is 0.763 e. The molecule has 0 bridgehead atoms. The first-order valence-electron chi connectivity index (χ1n) is 19.9. The maximum atomic E-state index is 14.8. The Bertz CT molecular complexity index is 2490. The fourth-order valence-corrected chi connectivity index (χ4v) is 8.63. The van der Waals surface area contributed by atoms with Gasteiger partial charge in [-0.3, -0.25) is 21.3 Å². The molecule has 0 aromatic heterocycles. The van der Waals surface area contributed by atoms with Crippen LogP contribution in [0.1, 0.15) is 39.7 Å². The van der Waals surface area contributed by atoms with Gasteiger partial charge in [0.15, 0.2) is 0 Å². The summed E-state index contributed by atoms with van der Waals surface area (Å²) < 4.78 is 46.3. The molecule has 4 aromatic rings. The van der Waals surface area contributed by atoms with Gasteiger partial charge < -0.3 is 40.6 Å². The Morgan fingerprint density at radius 3 is 1.45 bits per heavy atom. The van der Waals surface area contributed by atoms with Crippen LogP contribution in [0.25, 0.3) is 10.8 Å². The van der Waals surface area contributed by atoms with Gasteiger partial charge >= 0.3 is 2.85 Å². The minimum atomic E-state index is -0.906. The van der Waals surface area contributed by atoms with Crippen LogP contribution in [0.3, 0.4) is 0 Å². The third kappa shape index (κ3) is 12.5. The fraction of sp³-hybridized carbons (Fsp3) is 0.277. The summed E-state index contributed by atoms with van der Waals surface area (Å²) in [5.74, 6) is -0.503. The summed E-state index contributed by atoms with van der Waals surface area (Å²) in [5, 5.41) is 25.0. The fourth-order valence-electron chi connectivity index (χ4n) is 7.33. The van der Waals surface area contributed by atoms with Crippen LogP contribution in [0.2, 0.25) is 0 Å². The number of nitrogens with zero attached hydrogens (tertiary/aromatic N) is 5. The quantitative estimate of drug-likeness (QED) is 0.100. The zero-order valence-corrected chi connectivity index (χ0v) is 40.6. The molecule has 4 unspecified atom stereocenters. The van der Waals surface area contributed by atoms with Gasteiger partial charge in [-0.1, -0.05) is 92.7 Å². The number of aliphatic imine (C=N–C) groups is 2. The van der Waals surface area contributed by atoms with E-state index in [1.807, 2.05) is 11.7 Å². The number of methoxy groups -OCH3 is 2. The second-order valence-electron chi connectivity index (χ2n) is 14.7. The number of benzene rings is 4. The van der Waals surface area contributed by atoms with Crippen LogP contribution in [-0.4, -0.2) is 97.4 Å². The van der Waals surface area contributed by atoms with Gasteiger partial charge in [-0.25, -0.2) is 18.8 Å². The highest BCUT2D eigenvalue weighted by molar-refractivity contribution is 9.10. The molecule has 4 atom stereocenters. The average molecular weight is 1050 g/mol. The molecule has 4 aromatic carbocycles. The lowest BCUT2D eigenvalue weighted by Gasteiger charge is -2.32. The van der Waals surface area contributed by atoms with Gasteiger partial charge in [0.2, 0.25) is 11.8 Å². The number of para-hydroxylation sites is 4. The van der Waals surface area contributed by atoms with Crippen LogP contribution < -0.4 is 20.1 Å². The zero-order chi connectivity index (χ0) is 47.4. The molecule has 0 spiro atoms. The molecule has 3 aliphatic heterocycles. The van der Waals surface area contributed by atoms with Gasteiger partial charge in [0.05, 0.1) is 50.6 Å². The molecule has 65 heavy (non-hydrogen) atoms. The van der Waals surface area contributed by atoms with Crippen LogP contribution in [0, 0.1) is 23.5 Å². The van der Waals surface area contributed by atoms with E-state index in [-0.39, 0.29) is 35.1 Å². The van der Waals surface area contributed by atoms with Crippen LogP contribution in [0.4, 0.5) is 20.2 Å². The van der Waals surface area contributed by atoms with E-state index in [0.717, 1.165) is 26.3 Å². The topological polar surface area (TPSA) is 158 Å². The van der Waals surface area contributed by atoms with Gasteiger partial charge in [-0.05, 0) is 80.6 Å². The van der Waals surface area contributed by atoms with E-state index >= 15 is 0 Å². The molecule has 0 radical (unpaired) electrons. The Morgan fingerprint density at radius 2 is 1.12 bits per heavy atom. The van der Waals surface area contributed by atoms with Gasteiger partial charge in [0.1, 0.15) is 33.1 Å². The highest BCUT2D eigenvalue weighted by Gasteiger charge is 2.42. The maximum Gasteiger partial charge on any atom is 1.00 e. The van der Waals surface area contributed by atoms with E-state index < -0.39 is 47.1 Å². The maximum absolute atomic E-state index is 14.8. The van der Waals surface area contributed by atoms with Crippen molar-refractivity contribution in [2.45, 2.75) is 25.7 Å². The average Bonchev–Trinajstić information content (AvgIpc) is 3.27. The van der Waals surface area contributed by atoms with Crippen molar-refractivity contribution in [2.24, 2.45) is 21.8 Å². The Balaban J connectivity index is 0.000000302. The van der Waals surface area contributed by atoms with Crippen molar-refractivity contribution in [1.82, 2.24) is 4.90 Å². The number of nitrogens with one attached hydrogen (secondary N) is 2. The van der Waals surface area contributed by atoms with Crippen LogP contribution in [0.15, 0.2) is 115 Å². The molecule has 18 heteroatoms. The highest BCUT2D eigenvalue weighted by Crippen LogP contribution is 2.41. The molecule has 3 heterocycles. The Kier molecular flexibility index (Phi) is 18.4. The van der Waals surface area contributed by atoms with E-state index in [4.69, 9.17) is 38.6 Å². The van der Waals surface area contributed by atoms with Gasteiger partial charge in [-0.2, -0.15) is 0 Å². The number of carbonyl (C=O) groups excluding carboxylic acids is 2. The molecule has 338 valence electrons. The van der Waals surface area contributed by atoms with Crippen LogP contribution >= 0.6 is 56.3 Å². The minimum absolute atomic E-state index is 0. The number of thiocarbonyl (C=S) groups is 2. The first kappa shape index (κ1) is 50.6.